The summed E-state index contributed by atoms with van der Waals surface area (Å²) in [5.74, 6) is -1.62. The SMILES string of the molecule is CNC(CCc1cccnc1)c1ccc(F)c(F)c1. The van der Waals surface area contributed by atoms with Gasteiger partial charge in [-0.05, 0) is 49.2 Å². The van der Waals surface area contributed by atoms with E-state index in [1.54, 1.807) is 12.3 Å². The summed E-state index contributed by atoms with van der Waals surface area (Å²) in [6.45, 7) is 0. The van der Waals surface area contributed by atoms with Gasteiger partial charge < -0.3 is 5.32 Å². The lowest BCUT2D eigenvalue weighted by Crippen LogP contribution is -2.17. The molecular formula is C15H16F2N2. The van der Waals surface area contributed by atoms with Crippen LogP contribution < -0.4 is 5.32 Å². The minimum Gasteiger partial charge on any atom is -0.313 e. The van der Waals surface area contributed by atoms with Crippen LogP contribution in [0.15, 0.2) is 42.7 Å². The second kappa shape index (κ2) is 6.38. The van der Waals surface area contributed by atoms with Crippen LogP contribution >= 0.6 is 0 Å². The highest BCUT2D eigenvalue weighted by molar-refractivity contribution is 5.22. The van der Waals surface area contributed by atoms with Crippen LogP contribution in [0.4, 0.5) is 8.78 Å². The van der Waals surface area contributed by atoms with E-state index in [9.17, 15) is 8.78 Å². The molecule has 1 N–H and O–H groups in total. The first-order chi connectivity index (χ1) is 9.20. The van der Waals surface area contributed by atoms with E-state index in [2.05, 4.69) is 10.3 Å². The van der Waals surface area contributed by atoms with Crippen molar-refractivity contribution in [2.24, 2.45) is 0 Å². The van der Waals surface area contributed by atoms with Crippen LogP contribution in [-0.2, 0) is 6.42 Å². The molecule has 1 heterocycles. The number of rotatable bonds is 5. The zero-order chi connectivity index (χ0) is 13.7. The van der Waals surface area contributed by atoms with Gasteiger partial charge in [-0.2, -0.15) is 0 Å². The van der Waals surface area contributed by atoms with Crippen molar-refractivity contribution in [3.63, 3.8) is 0 Å². The third kappa shape index (κ3) is 3.58. The van der Waals surface area contributed by atoms with E-state index in [-0.39, 0.29) is 6.04 Å². The minimum absolute atomic E-state index is 0.00435. The fourth-order valence-corrected chi connectivity index (χ4v) is 2.06. The fourth-order valence-electron chi connectivity index (χ4n) is 2.06. The molecule has 2 rings (SSSR count). The van der Waals surface area contributed by atoms with Crippen molar-refractivity contribution in [2.45, 2.75) is 18.9 Å². The molecule has 1 unspecified atom stereocenters. The topological polar surface area (TPSA) is 24.9 Å². The molecule has 4 heteroatoms. The summed E-state index contributed by atoms with van der Waals surface area (Å²) in [7, 11) is 1.81. The molecule has 2 aromatic rings. The van der Waals surface area contributed by atoms with Gasteiger partial charge in [0, 0.05) is 18.4 Å². The van der Waals surface area contributed by atoms with Gasteiger partial charge in [0.05, 0.1) is 0 Å². The average Bonchev–Trinajstić information content (AvgIpc) is 2.44. The Morgan fingerprint density at radius 3 is 2.68 bits per heavy atom. The number of hydrogen-bond acceptors (Lipinski definition) is 2. The van der Waals surface area contributed by atoms with Crippen LogP contribution in [0.3, 0.4) is 0 Å². The lowest BCUT2D eigenvalue weighted by molar-refractivity contribution is 0.496. The summed E-state index contributed by atoms with van der Waals surface area (Å²) in [6, 6.07) is 7.92. The van der Waals surface area contributed by atoms with Crippen molar-refractivity contribution in [2.75, 3.05) is 7.05 Å². The van der Waals surface area contributed by atoms with E-state index >= 15 is 0 Å². The monoisotopic (exact) mass is 262 g/mol. The lowest BCUT2D eigenvalue weighted by Gasteiger charge is -2.16. The Morgan fingerprint density at radius 1 is 1.21 bits per heavy atom. The molecule has 1 atom stereocenters. The molecule has 100 valence electrons. The van der Waals surface area contributed by atoms with Gasteiger partial charge >= 0.3 is 0 Å². The normalized spacial score (nSPS) is 12.4. The molecule has 2 nitrogen and oxygen atoms in total. The second-order valence-corrected chi connectivity index (χ2v) is 4.41. The molecule has 0 spiro atoms. The minimum atomic E-state index is -0.814. The van der Waals surface area contributed by atoms with Gasteiger partial charge in [-0.1, -0.05) is 12.1 Å². The first-order valence-electron chi connectivity index (χ1n) is 6.22. The predicted molar refractivity (Wildman–Crippen MR) is 70.7 cm³/mol. The summed E-state index contributed by atoms with van der Waals surface area (Å²) in [5.41, 5.74) is 1.88. The Hall–Kier alpha value is -1.81. The van der Waals surface area contributed by atoms with Crippen molar-refractivity contribution in [3.8, 4) is 0 Å². The average molecular weight is 262 g/mol. The van der Waals surface area contributed by atoms with E-state index < -0.39 is 11.6 Å². The standard InChI is InChI=1S/C15H16F2N2/c1-18-15(7-4-11-3-2-8-19-10-11)12-5-6-13(16)14(17)9-12/h2-3,5-6,8-10,15,18H,4,7H2,1H3. The van der Waals surface area contributed by atoms with Crippen molar-refractivity contribution < 1.29 is 8.78 Å². The Bertz CT molecular complexity index is 529. The van der Waals surface area contributed by atoms with Crippen LogP contribution in [0.2, 0.25) is 0 Å². The van der Waals surface area contributed by atoms with E-state index in [4.69, 9.17) is 0 Å². The Morgan fingerprint density at radius 2 is 2.05 bits per heavy atom. The first kappa shape index (κ1) is 13.6. The number of aryl methyl sites for hydroxylation is 1. The highest BCUT2D eigenvalue weighted by atomic mass is 19.2. The van der Waals surface area contributed by atoms with E-state index in [0.29, 0.717) is 0 Å². The molecular weight excluding hydrogens is 246 g/mol. The third-order valence-corrected chi connectivity index (χ3v) is 3.14. The van der Waals surface area contributed by atoms with Gasteiger partial charge in [0.1, 0.15) is 0 Å². The quantitative estimate of drug-likeness (QED) is 0.894. The fraction of sp³-hybridized carbons (Fsp3) is 0.267. The van der Waals surface area contributed by atoms with E-state index in [1.807, 2.05) is 25.4 Å². The van der Waals surface area contributed by atoms with Crippen LogP contribution in [0.5, 0.6) is 0 Å². The van der Waals surface area contributed by atoms with Crippen molar-refractivity contribution in [3.05, 3.63) is 65.5 Å². The van der Waals surface area contributed by atoms with Crippen LogP contribution in [0.25, 0.3) is 0 Å². The zero-order valence-electron chi connectivity index (χ0n) is 10.7. The number of nitrogens with one attached hydrogen (secondary N) is 1. The molecule has 1 aromatic heterocycles. The smallest absolute Gasteiger partial charge is 0.159 e. The Kier molecular flexibility index (Phi) is 4.58. The van der Waals surface area contributed by atoms with Crippen LogP contribution in [0.1, 0.15) is 23.6 Å². The molecule has 0 bridgehead atoms. The summed E-state index contributed by atoms with van der Waals surface area (Å²) < 4.78 is 26.1. The van der Waals surface area contributed by atoms with Crippen molar-refractivity contribution in [1.82, 2.24) is 10.3 Å². The molecule has 0 aliphatic heterocycles. The summed E-state index contributed by atoms with van der Waals surface area (Å²) in [4.78, 5) is 4.06. The number of halogens is 2. The zero-order valence-corrected chi connectivity index (χ0v) is 10.7. The van der Waals surface area contributed by atoms with Gasteiger partial charge in [-0.15, -0.1) is 0 Å². The first-order valence-corrected chi connectivity index (χ1v) is 6.22. The Labute approximate surface area is 111 Å². The largest absolute Gasteiger partial charge is 0.313 e. The summed E-state index contributed by atoms with van der Waals surface area (Å²) in [6.07, 6.45) is 5.18. The maximum Gasteiger partial charge on any atom is 0.159 e. The predicted octanol–water partition coefficient (Wildman–Crippen LogP) is 3.25. The van der Waals surface area contributed by atoms with E-state index in [1.165, 1.54) is 12.1 Å². The van der Waals surface area contributed by atoms with Gasteiger partial charge in [0.2, 0.25) is 0 Å². The highest BCUT2D eigenvalue weighted by Gasteiger charge is 2.12. The molecule has 0 amide bonds. The molecule has 0 radical (unpaired) electrons. The molecule has 0 saturated heterocycles. The van der Waals surface area contributed by atoms with Crippen molar-refractivity contribution >= 4 is 0 Å². The van der Waals surface area contributed by atoms with Crippen molar-refractivity contribution in [1.29, 1.82) is 0 Å². The van der Waals surface area contributed by atoms with Gasteiger partial charge in [-0.3, -0.25) is 4.98 Å². The second-order valence-electron chi connectivity index (χ2n) is 4.41. The summed E-state index contributed by atoms with van der Waals surface area (Å²) in [5, 5.41) is 3.13. The maximum atomic E-state index is 13.2. The van der Waals surface area contributed by atoms with Gasteiger partial charge in [-0.25, -0.2) is 8.78 Å². The Balaban J connectivity index is 2.05. The highest BCUT2D eigenvalue weighted by Crippen LogP contribution is 2.20. The van der Waals surface area contributed by atoms with Gasteiger partial charge in [0.15, 0.2) is 11.6 Å². The number of benzene rings is 1. The molecule has 0 fully saturated rings. The number of hydrogen-bond donors (Lipinski definition) is 1. The molecule has 19 heavy (non-hydrogen) atoms. The molecule has 0 aliphatic carbocycles. The molecule has 0 saturated carbocycles. The van der Waals surface area contributed by atoms with Crippen LogP contribution in [0, 0.1) is 11.6 Å². The van der Waals surface area contributed by atoms with Crippen LogP contribution in [-0.4, -0.2) is 12.0 Å². The number of aromatic nitrogens is 1. The molecule has 1 aromatic carbocycles. The van der Waals surface area contributed by atoms with Gasteiger partial charge in [0.25, 0.3) is 0 Å². The summed E-state index contributed by atoms with van der Waals surface area (Å²) >= 11 is 0. The number of nitrogens with zero attached hydrogens (tertiary/aromatic N) is 1. The number of pyridine rings is 1. The van der Waals surface area contributed by atoms with E-state index in [0.717, 1.165) is 24.0 Å². The lowest BCUT2D eigenvalue weighted by atomic mass is 9.99. The molecule has 0 aliphatic rings. The maximum absolute atomic E-state index is 13.2. The third-order valence-electron chi connectivity index (χ3n) is 3.14.